The number of benzene rings is 3. The van der Waals surface area contributed by atoms with Crippen LogP contribution in [0.1, 0.15) is 55.8 Å². The van der Waals surface area contributed by atoms with Gasteiger partial charge in [0.1, 0.15) is 6.61 Å². The van der Waals surface area contributed by atoms with Crippen molar-refractivity contribution in [2.45, 2.75) is 58.7 Å². The van der Waals surface area contributed by atoms with Crippen LogP contribution in [0.2, 0.25) is 0 Å². The second kappa shape index (κ2) is 16.2. The molecule has 0 aliphatic carbocycles. The van der Waals surface area contributed by atoms with Gasteiger partial charge in [-0.15, -0.1) is 0 Å². The molecule has 1 atom stereocenters. The second-order valence-electron chi connectivity index (χ2n) is 13.2. The van der Waals surface area contributed by atoms with Crippen molar-refractivity contribution in [2.24, 2.45) is 11.8 Å². The normalized spacial score (nSPS) is 12.5. The fraction of sp³-hybridized carbons (Fsp3) is 0.400. The molecule has 1 aromatic heterocycles. The molecule has 4 aromatic rings. The van der Waals surface area contributed by atoms with Gasteiger partial charge in [0.25, 0.3) is 0 Å². The first-order valence-corrected chi connectivity index (χ1v) is 16.7. The topological polar surface area (TPSA) is 120 Å². The number of aryl methyl sites for hydroxylation is 2. The lowest BCUT2D eigenvalue weighted by molar-refractivity contribution is -0.169. The minimum absolute atomic E-state index is 0.105. The van der Waals surface area contributed by atoms with Crippen molar-refractivity contribution in [1.82, 2.24) is 14.9 Å². The van der Waals surface area contributed by atoms with Crippen LogP contribution in [0.4, 0.5) is 0 Å². The summed E-state index contributed by atoms with van der Waals surface area (Å²) in [4.78, 5) is 37.9. The summed E-state index contributed by atoms with van der Waals surface area (Å²) >= 11 is 0. The Hall–Kier alpha value is -4.96. The van der Waals surface area contributed by atoms with Crippen LogP contribution in [0, 0.1) is 25.7 Å². The Kier molecular flexibility index (Phi) is 12.2. The van der Waals surface area contributed by atoms with E-state index in [1.807, 2.05) is 30.3 Å². The Balaban J connectivity index is 1.78. The molecule has 10 heteroatoms. The summed E-state index contributed by atoms with van der Waals surface area (Å²) in [6.07, 6.45) is -1.68. The second-order valence-corrected chi connectivity index (χ2v) is 13.2. The van der Waals surface area contributed by atoms with Crippen LogP contribution in [0.25, 0.3) is 0 Å². The number of ether oxygens (including phenoxy) is 4. The van der Waals surface area contributed by atoms with E-state index in [4.69, 9.17) is 18.9 Å². The van der Waals surface area contributed by atoms with Crippen LogP contribution >= 0.6 is 0 Å². The molecule has 0 saturated carbocycles. The molecule has 4 rings (SSSR count). The van der Waals surface area contributed by atoms with E-state index < -0.39 is 29.7 Å². The first kappa shape index (κ1) is 37.9. The molecule has 0 fully saturated rings. The van der Waals surface area contributed by atoms with Gasteiger partial charge in [-0.1, -0.05) is 94.4 Å². The lowest BCUT2D eigenvalue weighted by Gasteiger charge is -2.45. The standard InChI is InChI=1S/C40H49N3O7/c1-26(2)39(27(3)4,32-20-21-33(47-8)34(23-32)48-9)25-43(7)35(44)24-49-40(30-16-12-10-13-17-30,31-18-14-11-15-19-31)36(37(45)46)50-38-41-28(5)22-29(6)42-38/h10-23,26-27,36H,24-25H2,1-9H3,(H,45,46). The van der Waals surface area contributed by atoms with E-state index in [0.29, 0.717) is 40.6 Å². The summed E-state index contributed by atoms with van der Waals surface area (Å²) in [6.45, 7) is 12.0. The number of likely N-dealkylation sites (N-methyl/N-ethyl adjacent to an activating group) is 1. The number of rotatable bonds is 16. The van der Waals surface area contributed by atoms with Gasteiger partial charge >= 0.3 is 12.0 Å². The summed E-state index contributed by atoms with van der Waals surface area (Å²) in [5.41, 5.74) is 0.969. The number of carboxylic acids is 1. The number of methoxy groups -OCH3 is 2. The van der Waals surface area contributed by atoms with Gasteiger partial charge in [0.05, 0.1) is 14.2 Å². The molecule has 1 amide bonds. The van der Waals surface area contributed by atoms with E-state index in [0.717, 1.165) is 5.56 Å². The predicted molar refractivity (Wildman–Crippen MR) is 192 cm³/mol. The predicted octanol–water partition coefficient (Wildman–Crippen LogP) is 6.61. The molecule has 0 spiro atoms. The van der Waals surface area contributed by atoms with E-state index in [-0.39, 0.29) is 23.8 Å². The van der Waals surface area contributed by atoms with Crippen LogP contribution in [0.15, 0.2) is 84.9 Å². The van der Waals surface area contributed by atoms with Gasteiger partial charge in [-0.3, -0.25) is 4.79 Å². The molecule has 266 valence electrons. The first-order chi connectivity index (χ1) is 23.8. The van der Waals surface area contributed by atoms with E-state index in [2.05, 4.69) is 37.7 Å². The Morgan fingerprint density at radius 3 is 1.74 bits per heavy atom. The highest BCUT2D eigenvalue weighted by molar-refractivity contribution is 5.79. The molecule has 0 saturated heterocycles. The van der Waals surface area contributed by atoms with Crippen molar-refractivity contribution < 1.29 is 33.6 Å². The first-order valence-electron chi connectivity index (χ1n) is 16.7. The van der Waals surface area contributed by atoms with Gasteiger partial charge in [0, 0.05) is 30.4 Å². The minimum atomic E-state index is -1.78. The van der Waals surface area contributed by atoms with Crippen molar-refractivity contribution in [3.8, 4) is 17.5 Å². The quantitative estimate of drug-likeness (QED) is 0.139. The summed E-state index contributed by atoms with van der Waals surface area (Å²) in [7, 11) is 4.95. The van der Waals surface area contributed by atoms with Crippen molar-refractivity contribution >= 4 is 11.9 Å². The van der Waals surface area contributed by atoms with Crippen molar-refractivity contribution in [1.29, 1.82) is 0 Å². The highest BCUT2D eigenvalue weighted by atomic mass is 16.6. The van der Waals surface area contributed by atoms with Crippen molar-refractivity contribution in [3.63, 3.8) is 0 Å². The zero-order valence-corrected chi connectivity index (χ0v) is 30.5. The largest absolute Gasteiger partial charge is 0.493 e. The molecule has 0 radical (unpaired) electrons. The highest BCUT2D eigenvalue weighted by Crippen LogP contribution is 2.44. The fourth-order valence-electron chi connectivity index (χ4n) is 6.92. The maximum absolute atomic E-state index is 14.2. The maximum Gasteiger partial charge on any atom is 0.348 e. The van der Waals surface area contributed by atoms with Crippen LogP contribution in [-0.4, -0.2) is 72.4 Å². The minimum Gasteiger partial charge on any atom is -0.493 e. The van der Waals surface area contributed by atoms with Gasteiger partial charge in [0.2, 0.25) is 12.0 Å². The Morgan fingerprint density at radius 1 is 0.760 bits per heavy atom. The SMILES string of the molecule is COc1ccc(C(CN(C)C(=O)COC(c2ccccc2)(c2ccccc2)C(Oc2nc(C)cc(C)n2)C(=O)O)(C(C)C)C(C)C)cc1OC. The molecule has 10 nitrogen and oxygen atoms in total. The molecule has 50 heavy (non-hydrogen) atoms. The van der Waals surface area contributed by atoms with Crippen molar-refractivity contribution in [3.05, 3.63) is 113 Å². The van der Waals surface area contributed by atoms with Crippen LogP contribution in [0.5, 0.6) is 17.5 Å². The lowest BCUT2D eigenvalue weighted by atomic mass is 9.64. The third kappa shape index (κ3) is 7.75. The van der Waals surface area contributed by atoms with Gasteiger partial charge in [-0.25, -0.2) is 14.8 Å². The monoisotopic (exact) mass is 683 g/mol. The molecular formula is C40H49N3O7. The fourth-order valence-corrected chi connectivity index (χ4v) is 6.92. The molecule has 1 N–H and O–H groups in total. The smallest absolute Gasteiger partial charge is 0.348 e. The van der Waals surface area contributed by atoms with E-state index in [9.17, 15) is 14.7 Å². The summed E-state index contributed by atoms with van der Waals surface area (Å²) in [5, 5.41) is 10.8. The van der Waals surface area contributed by atoms with E-state index in [1.165, 1.54) is 0 Å². The molecular weight excluding hydrogens is 634 g/mol. The number of hydrogen-bond donors (Lipinski definition) is 1. The number of carbonyl (C=O) groups excluding carboxylic acids is 1. The zero-order valence-electron chi connectivity index (χ0n) is 30.5. The van der Waals surface area contributed by atoms with Gasteiger partial charge in [-0.05, 0) is 60.6 Å². The highest BCUT2D eigenvalue weighted by Gasteiger charge is 2.51. The van der Waals surface area contributed by atoms with E-state index >= 15 is 0 Å². The number of aliphatic carboxylic acids is 1. The molecule has 1 heterocycles. The van der Waals surface area contributed by atoms with Crippen LogP contribution < -0.4 is 14.2 Å². The van der Waals surface area contributed by atoms with Gasteiger partial charge < -0.3 is 29.0 Å². The average Bonchev–Trinajstić information content (AvgIpc) is 3.09. The average molecular weight is 684 g/mol. The molecule has 1 unspecified atom stereocenters. The zero-order chi connectivity index (χ0) is 36.6. The van der Waals surface area contributed by atoms with E-state index in [1.54, 1.807) is 94.6 Å². The lowest BCUT2D eigenvalue weighted by Crippen LogP contribution is -2.53. The van der Waals surface area contributed by atoms with Gasteiger partial charge in [-0.2, -0.15) is 0 Å². The number of amides is 1. The summed E-state index contributed by atoms with van der Waals surface area (Å²) in [5.74, 6) is -0.183. The number of aromatic nitrogens is 2. The Morgan fingerprint density at radius 2 is 1.28 bits per heavy atom. The van der Waals surface area contributed by atoms with Gasteiger partial charge in [0.15, 0.2) is 17.1 Å². The Bertz CT molecular complexity index is 1680. The number of carbonyl (C=O) groups is 2. The summed E-state index contributed by atoms with van der Waals surface area (Å²) in [6, 6.07) is 25.4. The van der Waals surface area contributed by atoms with Crippen molar-refractivity contribution in [2.75, 3.05) is 34.4 Å². The third-order valence-electron chi connectivity index (χ3n) is 9.51. The Labute approximate surface area is 295 Å². The van der Waals surface area contributed by atoms with Crippen LogP contribution in [0.3, 0.4) is 0 Å². The number of hydrogen-bond acceptors (Lipinski definition) is 8. The van der Waals surface area contributed by atoms with Crippen LogP contribution in [-0.2, 0) is 25.3 Å². The number of nitrogens with zero attached hydrogens (tertiary/aromatic N) is 3. The number of carboxylic acid groups (broad SMARTS) is 1. The molecule has 0 aliphatic heterocycles. The molecule has 0 aliphatic rings. The third-order valence-corrected chi connectivity index (χ3v) is 9.51. The maximum atomic E-state index is 14.2. The summed E-state index contributed by atoms with van der Waals surface area (Å²) < 4.78 is 24.0. The molecule has 0 bridgehead atoms. The molecule has 3 aromatic carbocycles.